The SMILES string of the molecule is CCO.OC[C@@H](O)[C@@H](O)CO. The molecule has 0 heterocycles. The summed E-state index contributed by atoms with van der Waals surface area (Å²) in [5.74, 6) is 0. The zero-order valence-electron chi connectivity index (χ0n) is 6.51. The van der Waals surface area contributed by atoms with Gasteiger partial charge in [0.2, 0.25) is 0 Å². The van der Waals surface area contributed by atoms with Gasteiger partial charge in [-0.1, -0.05) is 0 Å². The predicted octanol–water partition coefficient (Wildman–Crippen LogP) is -2.31. The first-order chi connectivity index (χ1) is 5.13. The third-order valence-corrected chi connectivity index (χ3v) is 0.818. The molecule has 0 amide bonds. The summed E-state index contributed by atoms with van der Waals surface area (Å²) in [6.45, 7) is 0.878. The second kappa shape index (κ2) is 9.80. The minimum atomic E-state index is -1.22. The summed E-state index contributed by atoms with van der Waals surface area (Å²) in [6, 6.07) is 0. The van der Waals surface area contributed by atoms with E-state index >= 15 is 0 Å². The van der Waals surface area contributed by atoms with Crippen molar-refractivity contribution >= 4 is 0 Å². The zero-order chi connectivity index (χ0) is 9.28. The average Bonchev–Trinajstić information content (AvgIpc) is 2.03. The van der Waals surface area contributed by atoms with Crippen LogP contribution < -0.4 is 0 Å². The molecule has 0 saturated carbocycles. The van der Waals surface area contributed by atoms with E-state index in [2.05, 4.69) is 0 Å². The van der Waals surface area contributed by atoms with Gasteiger partial charge in [0.1, 0.15) is 12.2 Å². The Morgan fingerprint density at radius 3 is 1.18 bits per heavy atom. The summed E-state index contributed by atoms with van der Waals surface area (Å²) in [4.78, 5) is 0. The summed E-state index contributed by atoms with van der Waals surface area (Å²) >= 11 is 0. The van der Waals surface area contributed by atoms with Crippen LogP contribution in [0.3, 0.4) is 0 Å². The second-order valence-corrected chi connectivity index (χ2v) is 1.82. The van der Waals surface area contributed by atoms with E-state index in [9.17, 15) is 0 Å². The number of aliphatic hydroxyl groups excluding tert-OH is 5. The molecule has 0 aliphatic heterocycles. The van der Waals surface area contributed by atoms with Crippen molar-refractivity contribution in [1.82, 2.24) is 0 Å². The maximum Gasteiger partial charge on any atom is 0.105 e. The summed E-state index contributed by atoms with van der Waals surface area (Å²) in [6.07, 6.45) is -2.44. The molecular weight excluding hydrogens is 152 g/mol. The Bertz CT molecular complexity index is 60.0. The van der Waals surface area contributed by atoms with Gasteiger partial charge in [0.05, 0.1) is 13.2 Å². The zero-order valence-corrected chi connectivity index (χ0v) is 6.51. The molecule has 5 N–H and O–H groups in total. The topological polar surface area (TPSA) is 101 Å². The number of hydrogen-bond donors (Lipinski definition) is 5. The van der Waals surface area contributed by atoms with Gasteiger partial charge in [-0.05, 0) is 6.92 Å². The highest BCUT2D eigenvalue weighted by molar-refractivity contribution is 4.62. The van der Waals surface area contributed by atoms with E-state index in [1.807, 2.05) is 0 Å². The Balaban J connectivity index is 0. The lowest BCUT2D eigenvalue weighted by molar-refractivity contribution is -0.0388. The maximum atomic E-state index is 8.47. The lowest BCUT2D eigenvalue weighted by Gasteiger charge is -2.10. The third-order valence-electron chi connectivity index (χ3n) is 0.818. The molecule has 0 rings (SSSR count). The summed E-state index contributed by atoms with van der Waals surface area (Å²) in [5, 5.41) is 40.7. The van der Waals surface area contributed by atoms with Crippen LogP contribution in [0.25, 0.3) is 0 Å². The molecule has 11 heavy (non-hydrogen) atoms. The average molecular weight is 168 g/mol. The standard InChI is InChI=1S/C4H10O4.C2H6O/c5-1-3(7)4(8)2-6;1-2-3/h3-8H,1-2H2;3H,2H2,1H3/t3-,4+;. The molecular formula is C6H16O5. The van der Waals surface area contributed by atoms with Gasteiger partial charge < -0.3 is 25.5 Å². The van der Waals surface area contributed by atoms with Crippen LogP contribution in [0.15, 0.2) is 0 Å². The first-order valence-electron chi connectivity index (χ1n) is 3.32. The quantitative estimate of drug-likeness (QED) is 0.326. The van der Waals surface area contributed by atoms with Gasteiger partial charge in [-0.3, -0.25) is 0 Å². The predicted molar refractivity (Wildman–Crippen MR) is 38.9 cm³/mol. The molecule has 0 spiro atoms. The van der Waals surface area contributed by atoms with Crippen molar-refractivity contribution in [2.75, 3.05) is 19.8 Å². The van der Waals surface area contributed by atoms with Crippen LogP contribution in [0, 0.1) is 0 Å². The Labute approximate surface area is 65.5 Å². The molecule has 0 aromatic rings. The summed E-state index contributed by atoms with van der Waals surface area (Å²) in [5.41, 5.74) is 0. The summed E-state index contributed by atoms with van der Waals surface area (Å²) in [7, 11) is 0. The minimum absolute atomic E-state index is 0.250. The van der Waals surface area contributed by atoms with Crippen molar-refractivity contribution in [3.05, 3.63) is 0 Å². The fourth-order valence-corrected chi connectivity index (χ4v) is 0.243. The molecule has 0 unspecified atom stereocenters. The van der Waals surface area contributed by atoms with E-state index in [4.69, 9.17) is 25.5 Å². The van der Waals surface area contributed by atoms with Crippen LogP contribution in [0.2, 0.25) is 0 Å². The molecule has 0 bridgehead atoms. The largest absolute Gasteiger partial charge is 0.397 e. The number of hydrogen-bond acceptors (Lipinski definition) is 5. The molecule has 5 heteroatoms. The number of rotatable bonds is 3. The first kappa shape index (κ1) is 13.4. The van der Waals surface area contributed by atoms with Crippen molar-refractivity contribution in [2.24, 2.45) is 0 Å². The first-order valence-corrected chi connectivity index (χ1v) is 3.32. The third kappa shape index (κ3) is 9.80. The van der Waals surface area contributed by atoms with Crippen molar-refractivity contribution < 1.29 is 25.5 Å². The number of aliphatic hydroxyl groups is 5. The van der Waals surface area contributed by atoms with Crippen molar-refractivity contribution in [1.29, 1.82) is 0 Å². The minimum Gasteiger partial charge on any atom is -0.397 e. The van der Waals surface area contributed by atoms with Crippen LogP contribution in [0.1, 0.15) is 6.92 Å². The van der Waals surface area contributed by atoms with Crippen LogP contribution >= 0.6 is 0 Å². The Kier molecular flexibility index (Phi) is 11.9. The lowest BCUT2D eigenvalue weighted by atomic mass is 10.2. The highest BCUT2D eigenvalue weighted by Crippen LogP contribution is 1.88. The Morgan fingerprint density at radius 2 is 1.09 bits per heavy atom. The summed E-state index contributed by atoms with van der Waals surface area (Å²) < 4.78 is 0. The molecule has 0 fully saturated rings. The van der Waals surface area contributed by atoms with E-state index in [1.54, 1.807) is 6.92 Å². The molecule has 70 valence electrons. The second-order valence-electron chi connectivity index (χ2n) is 1.82. The van der Waals surface area contributed by atoms with Gasteiger partial charge in [0.15, 0.2) is 0 Å². The van der Waals surface area contributed by atoms with Gasteiger partial charge in [0, 0.05) is 6.61 Å². The highest BCUT2D eigenvalue weighted by atomic mass is 16.4. The van der Waals surface area contributed by atoms with Crippen molar-refractivity contribution in [3.63, 3.8) is 0 Å². The van der Waals surface area contributed by atoms with E-state index in [-0.39, 0.29) is 6.61 Å². The molecule has 0 aromatic carbocycles. The van der Waals surface area contributed by atoms with Gasteiger partial charge in [-0.15, -0.1) is 0 Å². The van der Waals surface area contributed by atoms with Gasteiger partial charge in [-0.25, -0.2) is 0 Å². The van der Waals surface area contributed by atoms with E-state index in [0.29, 0.717) is 0 Å². The molecule has 0 aromatic heterocycles. The van der Waals surface area contributed by atoms with Gasteiger partial charge in [0.25, 0.3) is 0 Å². The molecule has 0 aliphatic rings. The molecule has 0 aliphatic carbocycles. The van der Waals surface area contributed by atoms with E-state index in [1.165, 1.54) is 0 Å². The maximum absolute atomic E-state index is 8.47. The van der Waals surface area contributed by atoms with Crippen molar-refractivity contribution in [2.45, 2.75) is 19.1 Å². The Morgan fingerprint density at radius 1 is 0.909 bits per heavy atom. The fraction of sp³-hybridized carbons (Fsp3) is 1.00. The van der Waals surface area contributed by atoms with E-state index in [0.717, 1.165) is 0 Å². The van der Waals surface area contributed by atoms with Crippen molar-refractivity contribution in [3.8, 4) is 0 Å². The van der Waals surface area contributed by atoms with Gasteiger partial charge >= 0.3 is 0 Å². The van der Waals surface area contributed by atoms with Crippen LogP contribution in [-0.2, 0) is 0 Å². The Hall–Kier alpha value is -0.200. The smallest absolute Gasteiger partial charge is 0.105 e. The highest BCUT2D eigenvalue weighted by Gasteiger charge is 2.12. The molecule has 2 atom stereocenters. The molecule has 0 radical (unpaired) electrons. The molecule has 0 saturated heterocycles. The van der Waals surface area contributed by atoms with Crippen LogP contribution in [0.4, 0.5) is 0 Å². The van der Waals surface area contributed by atoms with Crippen LogP contribution in [0.5, 0.6) is 0 Å². The normalized spacial score (nSPS) is 14.7. The van der Waals surface area contributed by atoms with E-state index < -0.39 is 25.4 Å². The molecule has 5 nitrogen and oxygen atoms in total. The fourth-order valence-electron chi connectivity index (χ4n) is 0.243. The lowest BCUT2D eigenvalue weighted by Crippen LogP contribution is -2.31. The monoisotopic (exact) mass is 168 g/mol. The van der Waals surface area contributed by atoms with Gasteiger partial charge in [-0.2, -0.15) is 0 Å². The van der Waals surface area contributed by atoms with Crippen LogP contribution in [-0.4, -0.2) is 57.6 Å².